The monoisotopic (exact) mass is 287 g/mol. The molecule has 0 spiro atoms. The number of aryl methyl sites for hydroxylation is 1. The molecule has 2 rings (SSSR count). The number of amides is 1. The van der Waals surface area contributed by atoms with Crippen molar-refractivity contribution in [2.24, 2.45) is 13.0 Å². The summed E-state index contributed by atoms with van der Waals surface area (Å²) in [6.45, 7) is 5.28. The molecule has 0 bridgehead atoms. The summed E-state index contributed by atoms with van der Waals surface area (Å²) in [5, 5.41) is 2.85. The summed E-state index contributed by atoms with van der Waals surface area (Å²) in [6.07, 6.45) is 3.56. The van der Waals surface area contributed by atoms with E-state index in [4.69, 9.17) is 4.74 Å². The fourth-order valence-electron chi connectivity index (χ4n) is 1.79. The van der Waals surface area contributed by atoms with Gasteiger partial charge in [0.1, 0.15) is 11.6 Å². The molecule has 2 aromatic rings. The number of rotatable bonds is 6. The molecule has 1 aromatic carbocycles. The van der Waals surface area contributed by atoms with Gasteiger partial charge < -0.3 is 14.6 Å². The molecule has 0 saturated carbocycles. The maximum Gasteiger partial charge on any atom is 0.251 e. The summed E-state index contributed by atoms with van der Waals surface area (Å²) < 4.78 is 7.47. The SMILES string of the molecule is CC(C)COc1ccc(C(=O)NCc2nccn2C)cc1. The molecule has 1 N–H and O–H groups in total. The van der Waals surface area contributed by atoms with E-state index < -0.39 is 0 Å². The molecule has 1 heterocycles. The van der Waals surface area contributed by atoms with Crippen molar-refractivity contribution in [3.8, 4) is 5.75 Å². The van der Waals surface area contributed by atoms with Crippen LogP contribution in [0, 0.1) is 5.92 Å². The minimum atomic E-state index is -0.117. The molecule has 0 fully saturated rings. The lowest BCUT2D eigenvalue weighted by molar-refractivity contribution is 0.0949. The Balaban J connectivity index is 1.89. The third-order valence-corrected chi connectivity index (χ3v) is 3.03. The smallest absolute Gasteiger partial charge is 0.251 e. The summed E-state index contributed by atoms with van der Waals surface area (Å²) in [6, 6.07) is 7.17. The lowest BCUT2D eigenvalue weighted by Gasteiger charge is -2.09. The Morgan fingerprint density at radius 1 is 1.33 bits per heavy atom. The third-order valence-electron chi connectivity index (χ3n) is 3.03. The van der Waals surface area contributed by atoms with Gasteiger partial charge in [-0.25, -0.2) is 4.98 Å². The number of benzene rings is 1. The molecule has 0 atom stereocenters. The number of aromatic nitrogens is 2. The Labute approximate surface area is 125 Å². The fourth-order valence-corrected chi connectivity index (χ4v) is 1.79. The zero-order chi connectivity index (χ0) is 15.2. The van der Waals surface area contributed by atoms with E-state index >= 15 is 0 Å². The molecule has 0 aliphatic carbocycles. The van der Waals surface area contributed by atoms with Gasteiger partial charge in [-0.15, -0.1) is 0 Å². The van der Waals surface area contributed by atoms with E-state index in [1.165, 1.54) is 0 Å². The standard InChI is InChI=1S/C16H21N3O2/c1-12(2)11-21-14-6-4-13(5-7-14)16(20)18-10-15-17-8-9-19(15)3/h4-9,12H,10-11H2,1-3H3,(H,18,20). The molecule has 0 unspecified atom stereocenters. The number of carbonyl (C=O) groups excluding carboxylic acids is 1. The zero-order valence-corrected chi connectivity index (χ0v) is 12.7. The number of hydrogen-bond donors (Lipinski definition) is 1. The van der Waals surface area contributed by atoms with Gasteiger partial charge >= 0.3 is 0 Å². The molecule has 5 nitrogen and oxygen atoms in total. The molecule has 0 aliphatic heterocycles. The van der Waals surface area contributed by atoms with Crippen molar-refractivity contribution in [3.63, 3.8) is 0 Å². The van der Waals surface area contributed by atoms with Crippen LogP contribution >= 0.6 is 0 Å². The second kappa shape index (κ2) is 6.92. The van der Waals surface area contributed by atoms with Gasteiger partial charge in [-0.3, -0.25) is 4.79 Å². The number of nitrogens with zero attached hydrogens (tertiary/aromatic N) is 2. The second-order valence-electron chi connectivity index (χ2n) is 5.37. The molecule has 1 amide bonds. The molecule has 5 heteroatoms. The minimum absolute atomic E-state index is 0.117. The molecule has 0 aliphatic rings. The Kier molecular flexibility index (Phi) is 4.98. The third kappa shape index (κ3) is 4.34. The average Bonchev–Trinajstić information content (AvgIpc) is 2.88. The largest absolute Gasteiger partial charge is 0.493 e. The van der Waals surface area contributed by atoms with Crippen LogP contribution in [-0.4, -0.2) is 22.1 Å². The van der Waals surface area contributed by atoms with Crippen molar-refractivity contribution in [3.05, 3.63) is 48.0 Å². The molecule has 21 heavy (non-hydrogen) atoms. The molecular weight excluding hydrogens is 266 g/mol. The van der Waals surface area contributed by atoms with Crippen LogP contribution in [0.25, 0.3) is 0 Å². The van der Waals surface area contributed by atoms with Gasteiger partial charge in [-0.1, -0.05) is 13.8 Å². The lowest BCUT2D eigenvalue weighted by Crippen LogP contribution is -2.24. The molecule has 112 valence electrons. The first-order chi connectivity index (χ1) is 10.1. The maximum absolute atomic E-state index is 12.0. The zero-order valence-electron chi connectivity index (χ0n) is 12.7. The van der Waals surface area contributed by atoms with E-state index in [0.29, 0.717) is 24.6 Å². The number of hydrogen-bond acceptors (Lipinski definition) is 3. The van der Waals surface area contributed by atoms with E-state index in [2.05, 4.69) is 24.1 Å². The van der Waals surface area contributed by atoms with Crippen molar-refractivity contribution in [2.45, 2.75) is 20.4 Å². The Morgan fingerprint density at radius 3 is 2.62 bits per heavy atom. The van der Waals surface area contributed by atoms with Crippen LogP contribution in [0.15, 0.2) is 36.7 Å². The highest BCUT2D eigenvalue weighted by molar-refractivity contribution is 5.94. The highest BCUT2D eigenvalue weighted by atomic mass is 16.5. The minimum Gasteiger partial charge on any atom is -0.493 e. The number of ether oxygens (including phenoxy) is 1. The fraction of sp³-hybridized carbons (Fsp3) is 0.375. The predicted molar refractivity (Wildman–Crippen MR) is 81.2 cm³/mol. The van der Waals surface area contributed by atoms with E-state index in [1.54, 1.807) is 18.3 Å². The van der Waals surface area contributed by atoms with Gasteiger partial charge in [-0.2, -0.15) is 0 Å². The summed E-state index contributed by atoms with van der Waals surface area (Å²) in [7, 11) is 1.90. The van der Waals surface area contributed by atoms with Gasteiger partial charge in [0.2, 0.25) is 0 Å². The van der Waals surface area contributed by atoms with Gasteiger partial charge in [0, 0.05) is 25.0 Å². The van der Waals surface area contributed by atoms with Crippen LogP contribution in [0.1, 0.15) is 30.0 Å². The molecule has 0 saturated heterocycles. The van der Waals surface area contributed by atoms with Crippen LogP contribution < -0.4 is 10.1 Å². The predicted octanol–water partition coefficient (Wildman–Crippen LogP) is 2.38. The Bertz CT molecular complexity index is 588. The highest BCUT2D eigenvalue weighted by Crippen LogP contribution is 2.13. The van der Waals surface area contributed by atoms with Gasteiger partial charge in [-0.05, 0) is 30.2 Å². The van der Waals surface area contributed by atoms with E-state index in [1.807, 2.05) is 29.9 Å². The van der Waals surface area contributed by atoms with Crippen molar-refractivity contribution in [1.82, 2.24) is 14.9 Å². The van der Waals surface area contributed by atoms with Crippen molar-refractivity contribution < 1.29 is 9.53 Å². The Morgan fingerprint density at radius 2 is 2.05 bits per heavy atom. The first-order valence-electron chi connectivity index (χ1n) is 7.03. The summed E-state index contributed by atoms with van der Waals surface area (Å²) in [5.41, 5.74) is 0.612. The normalized spacial score (nSPS) is 10.7. The first-order valence-corrected chi connectivity index (χ1v) is 7.03. The molecular formula is C16H21N3O2. The lowest BCUT2D eigenvalue weighted by atomic mass is 10.2. The van der Waals surface area contributed by atoms with Gasteiger partial charge in [0.15, 0.2) is 0 Å². The van der Waals surface area contributed by atoms with Crippen LogP contribution in [0.5, 0.6) is 5.75 Å². The first kappa shape index (κ1) is 15.1. The number of carbonyl (C=O) groups is 1. The molecule has 0 radical (unpaired) electrons. The maximum atomic E-state index is 12.0. The van der Waals surface area contributed by atoms with Crippen LogP contribution in [0.3, 0.4) is 0 Å². The summed E-state index contributed by atoms with van der Waals surface area (Å²) in [5.74, 6) is 1.96. The van der Waals surface area contributed by atoms with Crippen LogP contribution in [0.2, 0.25) is 0 Å². The van der Waals surface area contributed by atoms with Crippen molar-refractivity contribution in [1.29, 1.82) is 0 Å². The number of imidazole rings is 1. The van der Waals surface area contributed by atoms with Gasteiger partial charge in [0.05, 0.1) is 13.2 Å². The summed E-state index contributed by atoms with van der Waals surface area (Å²) in [4.78, 5) is 16.2. The van der Waals surface area contributed by atoms with Crippen molar-refractivity contribution >= 4 is 5.91 Å². The van der Waals surface area contributed by atoms with E-state index in [0.717, 1.165) is 11.6 Å². The van der Waals surface area contributed by atoms with Crippen molar-refractivity contribution in [2.75, 3.05) is 6.61 Å². The average molecular weight is 287 g/mol. The Hall–Kier alpha value is -2.30. The van der Waals surface area contributed by atoms with E-state index in [9.17, 15) is 4.79 Å². The molecule has 1 aromatic heterocycles. The van der Waals surface area contributed by atoms with Gasteiger partial charge in [0.25, 0.3) is 5.91 Å². The van der Waals surface area contributed by atoms with Crippen LogP contribution in [0.4, 0.5) is 0 Å². The number of nitrogens with one attached hydrogen (secondary N) is 1. The quantitative estimate of drug-likeness (QED) is 0.887. The summed E-state index contributed by atoms with van der Waals surface area (Å²) >= 11 is 0. The van der Waals surface area contributed by atoms with Crippen LogP contribution in [-0.2, 0) is 13.6 Å². The highest BCUT2D eigenvalue weighted by Gasteiger charge is 2.07. The second-order valence-corrected chi connectivity index (χ2v) is 5.37. The van der Waals surface area contributed by atoms with E-state index in [-0.39, 0.29) is 5.91 Å². The topological polar surface area (TPSA) is 56.1 Å².